The second kappa shape index (κ2) is 7.93. The third-order valence-corrected chi connectivity index (χ3v) is 5.33. The summed E-state index contributed by atoms with van der Waals surface area (Å²) in [5, 5.41) is 10.6. The summed E-state index contributed by atoms with van der Waals surface area (Å²) in [4.78, 5) is 21.6. The number of likely N-dealkylation sites (N-methyl/N-ethyl adjacent to an activating group) is 1. The molecule has 25 heavy (non-hydrogen) atoms. The third kappa shape index (κ3) is 4.16. The van der Waals surface area contributed by atoms with E-state index < -0.39 is 0 Å². The van der Waals surface area contributed by atoms with Gasteiger partial charge in [0.2, 0.25) is 0 Å². The summed E-state index contributed by atoms with van der Waals surface area (Å²) in [6.07, 6.45) is 1.80. The van der Waals surface area contributed by atoms with E-state index in [0.29, 0.717) is 17.3 Å². The zero-order chi connectivity index (χ0) is 17.8. The molecule has 3 rings (SSSR count). The van der Waals surface area contributed by atoms with Crippen molar-refractivity contribution in [2.45, 2.75) is 13.8 Å². The molecule has 0 atom stereocenters. The molecule has 0 aliphatic carbocycles. The van der Waals surface area contributed by atoms with Crippen molar-refractivity contribution in [3.8, 4) is 11.5 Å². The fraction of sp³-hybridized carbons (Fsp3) is 0.444. The Balaban J connectivity index is 1.70. The molecule has 6 nitrogen and oxygen atoms in total. The predicted molar refractivity (Wildman–Crippen MR) is 101 cm³/mol. The highest BCUT2D eigenvalue weighted by atomic mass is 32.2. The number of hydrogen-bond donors (Lipinski definition) is 1. The molecule has 1 saturated heterocycles. The Morgan fingerprint density at radius 2 is 2.04 bits per heavy atom. The molecule has 1 aromatic rings. The van der Waals surface area contributed by atoms with Crippen LogP contribution in [0.5, 0.6) is 11.5 Å². The predicted octanol–water partition coefficient (Wildman–Crippen LogP) is 2.40. The summed E-state index contributed by atoms with van der Waals surface area (Å²) >= 11 is 1.42. The van der Waals surface area contributed by atoms with Crippen LogP contribution in [0.3, 0.4) is 0 Å². The molecule has 0 unspecified atom stereocenters. The SMILES string of the molecule is CCOc1cc(/C=C2\SC(N3CCN(CC)CC3)=NC2=O)ccc1O. The first-order valence-electron chi connectivity index (χ1n) is 8.56. The average Bonchev–Trinajstić information content (AvgIpc) is 2.99. The number of amides is 1. The van der Waals surface area contributed by atoms with Gasteiger partial charge in [-0.05, 0) is 49.0 Å². The number of aromatic hydroxyl groups is 1. The van der Waals surface area contributed by atoms with E-state index >= 15 is 0 Å². The van der Waals surface area contributed by atoms with E-state index in [4.69, 9.17) is 4.74 Å². The summed E-state index contributed by atoms with van der Waals surface area (Å²) in [5.74, 6) is 0.313. The van der Waals surface area contributed by atoms with Crippen molar-refractivity contribution in [3.63, 3.8) is 0 Å². The van der Waals surface area contributed by atoms with Crippen molar-refractivity contribution in [2.24, 2.45) is 4.99 Å². The van der Waals surface area contributed by atoms with Gasteiger partial charge in [0.1, 0.15) is 0 Å². The molecular formula is C18H23N3O3S. The van der Waals surface area contributed by atoms with E-state index in [2.05, 4.69) is 21.7 Å². The largest absolute Gasteiger partial charge is 0.504 e. The zero-order valence-corrected chi connectivity index (χ0v) is 15.4. The number of benzene rings is 1. The van der Waals surface area contributed by atoms with Crippen LogP contribution in [0.25, 0.3) is 6.08 Å². The topological polar surface area (TPSA) is 65.4 Å². The molecular weight excluding hydrogens is 338 g/mol. The summed E-state index contributed by atoms with van der Waals surface area (Å²) in [6.45, 7) is 9.34. The minimum Gasteiger partial charge on any atom is -0.504 e. The van der Waals surface area contributed by atoms with E-state index in [0.717, 1.165) is 43.5 Å². The van der Waals surface area contributed by atoms with Gasteiger partial charge in [-0.1, -0.05) is 13.0 Å². The molecule has 0 saturated carbocycles. The van der Waals surface area contributed by atoms with Crippen LogP contribution in [0, 0.1) is 0 Å². The Morgan fingerprint density at radius 1 is 1.28 bits per heavy atom. The number of nitrogens with zero attached hydrogens (tertiary/aromatic N) is 3. The van der Waals surface area contributed by atoms with Crippen molar-refractivity contribution < 1.29 is 14.6 Å². The highest BCUT2D eigenvalue weighted by Gasteiger charge is 2.28. The highest BCUT2D eigenvalue weighted by Crippen LogP contribution is 2.33. The molecule has 0 radical (unpaired) electrons. The first-order chi connectivity index (χ1) is 12.1. The third-order valence-electron chi connectivity index (χ3n) is 4.28. The lowest BCUT2D eigenvalue weighted by Crippen LogP contribution is -2.47. The fourth-order valence-corrected chi connectivity index (χ4v) is 3.80. The number of aliphatic imine (C=N–C) groups is 1. The molecule has 0 bridgehead atoms. The lowest BCUT2D eigenvalue weighted by molar-refractivity contribution is -0.113. The smallest absolute Gasteiger partial charge is 0.286 e. The first-order valence-corrected chi connectivity index (χ1v) is 9.38. The standard InChI is InChI=1S/C18H23N3O3S/c1-3-20-7-9-21(10-8-20)18-19-17(23)16(25-18)12-13-5-6-14(22)15(11-13)24-4-2/h5-6,11-12,22H,3-4,7-10H2,1-2H3/b16-12-. The number of carbonyl (C=O) groups is 1. The number of phenols is 1. The molecule has 1 N–H and O–H groups in total. The maximum atomic E-state index is 12.2. The number of rotatable bonds is 4. The van der Waals surface area contributed by atoms with Crippen LogP contribution >= 0.6 is 11.8 Å². The molecule has 1 aromatic carbocycles. The van der Waals surface area contributed by atoms with Crippen LogP contribution in [0.2, 0.25) is 0 Å². The van der Waals surface area contributed by atoms with Crippen LogP contribution in [-0.2, 0) is 4.79 Å². The van der Waals surface area contributed by atoms with E-state index in [1.54, 1.807) is 24.3 Å². The van der Waals surface area contributed by atoms with Crippen LogP contribution in [0.1, 0.15) is 19.4 Å². The molecule has 134 valence electrons. The van der Waals surface area contributed by atoms with Crippen molar-refractivity contribution in [2.75, 3.05) is 39.3 Å². The van der Waals surface area contributed by atoms with Gasteiger partial charge in [0.25, 0.3) is 5.91 Å². The minimum absolute atomic E-state index is 0.0973. The number of carbonyl (C=O) groups excluding carboxylic acids is 1. The fourth-order valence-electron chi connectivity index (χ4n) is 2.83. The molecule has 7 heteroatoms. The van der Waals surface area contributed by atoms with E-state index in [9.17, 15) is 9.90 Å². The van der Waals surface area contributed by atoms with Crippen LogP contribution in [0.4, 0.5) is 0 Å². The Kier molecular flexibility index (Phi) is 5.65. The normalized spacial score (nSPS) is 20.2. The minimum atomic E-state index is -0.205. The van der Waals surface area contributed by atoms with Crippen molar-refractivity contribution in [1.29, 1.82) is 0 Å². The number of ether oxygens (including phenoxy) is 1. The monoisotopic (exact) mass is 361 g/mol. The Labute approximate surface area is 152 Å². The van der Waals surface area contributed by atoms with Gasteiger partial charge in [-0.3, -0.25) is 4.79 Å². The first kappa shape index (κ1) is 17.8. The Morgan fingerprint density at radius 3 is 2.72 bits per heavy atom. The Bertz CT molecular complexity index is 710. The second-order valence-electron chi connectivity index (χ2n) is 5.89. The molecule has 1 fully saturated rings. The van der Waals surface area contributed by atoms with E-state index in [-0.39, 0.29) is 11.7 Å². The average molecular weight is 361 g/mol. The molecule has 2 aliphatic rings. The van der Waals surface area contributed by atoms with Crippen molar-refractivity contribution in [3.05, 3.63) is 28.7 Å². The molecule has 0 spiro atoms. The van der Waals surface area contributed by atoms with Crippen LogP contribution in [0.15, 0.2) is 28.1 Å². The number of thioether (sulfide) groups is 1. The highest BCUT2D eigenvalue weighted by molar-refractivity contribution is 8.18. The molecule has 2 heterocycles. The maximum Gasteiger partial charge on any atom is 0.286 e. The second-order valence-corrected chi connectivity index (χ2v) is 6.90. The summed E-state index contributed by atoms with van der Waals surface area (Å²) < 4.78 is 5.39. The number of hydrogen-bond acceptors (Lipinski definition) is 6. The molecule has 1 amide bonds. The Hall–Kier alpha value is -1.99. The van der Waals surface area contributed by atoms with Gasteiger partial charge in [0, 0.05) is 26.2 Å². The van der Waals surface area contributed by atoms with E-state index in [1.807, 2.05) is 6.92 Å². The summed E-state index contributed by atoms with van der Waals surface area (Å²) in [7, 11) is 0. The van der Waals surface area contributed by atoms with Gasteiger partial charge < -0.3 is 19.6 Å². The zero-order valence-electron chi connectivity index (χ0n) is 14.6. The van der Waals surface area contributed by atoms with Gasteiger partial charge in [-0.15, -0.1) is 0 Å². The quantitative estimate of drug-likeness (QED) is 0.831. The van der Waals surface area contributed by atoms with Crippen molar-refractivity contribution in [1.82, 2.24) is 9.80 Å². The van der Waals surface area contributed by atoms with Gasteiger partial charge in [-0.25, -0.2) is 0 Å². The summed E-state index contributed by atoms with van der Waals surface area (Å²) in [5.41, 5.74) is 0.810. The van der Waals surface area contributed by atoms with Gasteiger partial charge in [0.05, 0.1) is 11.5 Å². The lowest BCUT2D eigenvalue weighted by atomic mass is 10.2. The lowest BCUT2D eigenvalue weighted by Gasteiger charge is -2.34. The number of phenolic OH excluding ortho intramolecular Hbond substituents is 1. The van der Waals surface area contributed by atoms with E-state index in [1.165, 1.54) is 11.8 Å². The number of amidine groups is 1. The van der Waals surface area contributed by atoms with Gasteiger partial charge in [0.15, 0.2) is 16.7 Å². The van der Waals surface area contributed by atoms with Gasteiger partial charge in [-0.2, -0.15) is 4.99 Å². The van der Waals surface area contributed by atoms with Gasteiger partial charge >= 0.3 is 0 Å². The van der Waals surface area contributed by atoms with Crippen molar-refractivity contribution >= 4 is 28.9 Å². The van der Waals surface area contributed by atoms with Crippen LogP contribution in [-0.4, -0.2) is 65.3 Å². The molecule has 0 aromatic heterocycles. The molecule has 2 aliphatic heterocycles. The van der Waals surface area contributed by atoms with Crippen LogP contribution < -0.4 is 4.74 Å². The number of piperazine rings is 1. The maximum absolute atomic E-state index is 12.2. The summed E-state index contributed by atoms with van der Waals surface area (Å²) in [6, 6.07) is 5.07.